The van der Waals surface area contributed by atoms with E-state index in [0.717, 1.165) is 22.5 Å². The van der Waals surface area contributed by atoms with E-state index >= 15 is 4.39 Å². The number of esters is 1. The highest BCUT2D eigenvalue weighted by atomic mass is 32.2. The van der Waals surface area contributed by atoms with E-state index in [-0.39, 0.29) is 37.9 Å². The summed E-state index contributed by atoms with van der Waals surface area (Å²) in [5.41, 5.74) is -2.03. The molecule has 1 aliphatic rings. The third-order valence-corrected chi connectivity index (χ3v) is 5.50. The molecule has 2 aromatic carbocycles. The first-order chi connectivity index (χ1) is 16.5. The molecule has 7 nitrogen and oxygen atoms in total. The zero-order valence-electron chi connectivity index (χ0n) is 19.9. The SMILES string of the molecule is CC(C)(C)OC(=O)N1C[C@@](F)(COSCOc2ccc(F)cc2)C[C@H]1C(=O)OCc1ccccc1. The van der Waals surface area contributed by atoms with Gasteiger partial charge in [-0.2, -0.15) is 0 Å². The highest BCUT2D eigenvalue weighted by molar-refractivity contribution is 7.94. The predicted molar refractivity (Wildman–Crippen MR) is 127 cm³/mol. The van der Waals surface area contributed by atoms with Crippen LogP contribution in [0.2, 0.25) is 0 Å². The molecule has 1 aliphatic heterocycles. The summed E-state index contributed by atoms with van der Waals surface area (Å²) in [6.07, 6.45) is -1.09. The van der Waals surface area contributed by atoms with Crippen LogP contribution in [0.1, 0.15) is 32.8 Å². The summed E-state index contributed by atoms with van der Waals surface area (Å²) in [6, 6.07) is 13.4. The molecular weight excluding hydrogens is 480 g/mol. The summed E-state index contributed by atoms with van der Waals surface area (Å²) in [7, 11) is 0. The third-order valence-electron chi connectivity index (χ3n) is 5.00. The Labute approximate surface area is 207 Å². The zero-order chi connectivity index (χ0) is 25.5. The molecule has 3 rings (SSSR count). The molecule has 1 saturated heterocycles. The molecule has 0 unspecified atom stereocenters. The van der Waals surface area contributed by atoms with E-state index in [1.54, 1.807) is 32.9 Å². The van der Waals surface area contributed by atoms with Crippen LogP contribution in [-0.4, -0.2) is 53.4 Å². The van der Waals surface area contributed by atoms with Crippen molar-refractivity contribution in [3.8, 4) is 5.75 Å². The Hall–Kier alpha value is -2.85. The molecule has 0 aromatic heterocycles. The van der Waals surface area contributed by atoms with Crippen molar-refractivity contribution >= 4 is 24.1 Å². The van der Waals surface area contributed by atoms with Crippen molar-refractivity contribution in [2.75, 3.05) is 19.1 Å². The summed E-state index contributed by atoms with van der Waals surface area (Å²) in [5, 5.41) is 0. The number of amides is 1. The van der Waals surface area contributed by atoms with Gasteiger partial charge in [0.2, 0.25) is 0 Å². The number of hydrogen-bond acceptors (Lipinski definition) is 7. The predicted octanol–water partition coefficient (Wildman–Crippen LogP) is 5.29. The van der Waals surface area contributed by atoms with Crippen LogP contribution >= 0.6 is 12.0 Å². The highest BCUT2D eigenvalue weighted by Gasteiger charge is 2.51. The van der Waals surface area contributed by atoms with Crippen molar-refractivity contribution in [2.24, 2.45) is 0 Å². The lowest BCUT2D eigenvalue weighted by molar-refractivity contribution is -0.150. The van der Waals surface area contributed by atoms with Crippen LogP contribution in [0, 0.1) is 5.82 Å². The van der Waals surface area contributed by atoms with Crippen molar-refractivity contribution in [1.29, 1.82) is 0 Å². The van der Waals surface area contributed by atoms with E-state index < -0.39 is 29.4 Å². The standard InChI is InChI=1S/C25H29F2NO6S/c1-24(2,3)34-23(30)28-15-25(27,16-33-35-17-32-20-11-9-19(26)10-12-20)13-21(28)22(29)31-14-18-7-5-4-6-8-18/h4-12,21H,13-17H2,1-3H3/t21-,25+/m0/s1. The number of benzene rings is 2. The Morgan fingerprint density at radius 2 is 1.80 bits per heavy atom. The Bertz CT molecular complexity index is 986. The first-order valence-electron chi connectivity index (χ1n) is 11.1. The van der Waals surface area contributed by atoms with Crippen molar-refractivity contribution in [3.63, 3.8) is 0 Å². The maximum Gasteiger partial charge on any atom is 0.411 e. The van der Waals surface area contributed by atoms with Crippen molar-refractivity contribution in [1.82, 2.24) is 4.90 Å². The van der Waals surface area contributed by atoms with E-state index in [0.29, 0.717) is 5.75 Å². The van der Waals surface area contributed by atoms with Crippen LogP contribution in [0.25, 0.3) is 0 Å². The molecule has 1 amide bonds. The van der Waals surface area contributed by atoms with Crippen LogP contribution in [-0.2, 0) is 25.1 Å². The first kappa shape index (κ1) is 26.7. The largest absolute Gasteiger partial charge is 0.481 e. The summed E-state index contributed by atoms with van der Waals surface area (Å²) in [6.45, 7) is 4.30. The number of ether oxygens (including phenoxy) is 3. The Kier molecular flexibility index (Phi) is 8.96. The molecule has 0 radical (unpaired) electrons. The molecule has 0 bridgehead atoms. The van der Waals surface area contributed by atoms with Gasteiger partial charge in [-0.05, 0) is 50.6 Å². The zero-order valence-corrected chi connectivity index (χ0v) is 20.7. The Balaban J connectivity index is 1.57. The fourth-order valence-corrected chi connectivity index (χ4v) is 3.94. The third kappa shape index (κ3) is 8.40. The average Bonchev–Trinajstić information content (AvgIpc) is 3.16. The summed E-state index contributed by atoms with van der Waals surface area (Å²) < 4.78 is 50.1. The molecule has 0 spiro atoms. The molecule has 1 fully saturated rings. The van der Waals surface area contributed by atoms with Crippen LogP contribution in [0.5, 0.6) is 5.75 Å². The van der Waals surface area contributed by atoms with Crippen molar-refractivity contribution in [3.05, 3.63) is 66.0 Å². The maximum absolute atomic E-state index is 15.6. The monoisotopic (exact) mass is 509 g/mol. The lowest BCUT2D eigenvalue weighted by Crippen LogP contribution is -2.44. The lowest BCUT2D eigenvalue weighted by atomic mass is 10.0. The van der Waals surface area contributed by atoms with Gasteiger partial charge in [-0.25, -0.2) is 18.4 Å². The van der Waals surface area contributed by atoms with Gasteiger partial charge in [0.1, 0.15) is 29.8 Å². The van der Waals surface area contributed by atoms with Gasteiger partial charge < -0.3 is 18.4 Å². The summed E-state index contributed by atoms with van der Waals surface area (Å²) in [5.74, 6) is -0.615. The van der Waals surface area contributed by atoms with Crippen LogP contribution in [0.15, 0.2) is 54.6 Å². The second-order valence-electron chi connectivity index (χ2n) is 9.17. The number of nitrogens with zero attached hydrogens (tertiary/aromatic N) is 1. The molecule has 2 aromatic rings. The molecule has 35 heavy (non-hydrogen) atoms. The fourth-order valence-electron chi connectivity index (χ4n) is 3.39. The number of hydrogen-bond donors (Lipinski definition) is 0. The second kappa shape index (κ2) is 11.7. The number of halogens is 2. The van der Waals surface area contributed by atoms with Crippen molar-refractivity contribution < 1.29 is 36.8 Å². The van der Waals surface area contributed by atoms with Crippen LogP contribution < -0.4 is 4.74 Å². The fraction of sp³-hybridized carbons (Fsp3) is 0.440. The van der Waals surface area contributed by atoms with Crippen molar-refractivity contribution in [2.45, 2.75) is 51.1 Å². The van der Waals surface area contributed by atoms with Gasteiger partial charge in [0, 0.05) is 18.5 Å². The molecule has 2 atom stereocenters. The van der Waals surface area contributed by atoms with E-state index in [4.69, 9.17) is 18.4 Å². The Morgan fingerprint density at radius 1 is 1.11 bits per heavy atom. The first-order valence-corrected chi connectivity index (χ1v) is 12.0. The highest BCUT2D eigenvalue weighted by Crippen LogP contribution is 2.34. The molecule has 10 heteroatoms. The van der Waals surface area contributed by atoms with Gasteiger partial charge in [0.05, 0.1) is 13.2 Å². The van der Waals surface area contributed by atoms with E-state index in [2.05, 4.69) is 0 Å². The minimum Gasteiger partial charge on any atom is -0.481 e. The van der Waals surface area contributed by atoms with Crippen LogP contribution in [0.4, 0.5) is 13.6 Å². The summed E-state index contributed by atoms with van der Waals surface area (Å²) >= 11 is 0.868. The lowest BCUT2D eigenvalue weighted by Gasteiger charge is -2.27. The smallest absolute Gasteiger partial charge is 0.411 e. The van der Waals surface area contributed by atoms with Gasteiger partial charge in [-0.3, -0.25) is 4.90 Å². The van der Waals surface area contributed by atoms with Gasteiger partial charge >= 0.3 is 12.1 Å². The number of rotatable bonds is 9. The van der Waals surface area contributed by atoms with E-state index in [9.17, 15) is 14.0 Å². The minimum absolute atomic E-state index is 0.00466. The minimum atomic E-state index is -1.99. The van der Waals surface area contributed by atoms with Gasteiger partial charge in [-0.15, -0.1) is 0 Å². The topological polar surface area (TPSA) is 74.3 Å². The summed E-state index contributed by atoms with van der Waals surface area (Å²) in [4.78, 5) is 26.6. The van der Waals surface area contributed by atoms with Gasteiger partial charge in [-0.1, -0.05) is 30.3 Å². The normalized spacial score (nSPS) is 19.9. The molecule has 0 aliphatic carbocycles. The number of alkyl halides is 1. The van der Waals surface area contributed by atoms with Crippen LogP contribution in [0.3, 0.4) is 0 Å². The Morgan fingerprint density at radius 3 is 2.46 bits per heavy atom. The van der Waals surface area contributed by atoms with Gasteiger partial charge in [0.15, 0.2) is 11.6 Å². The second-order valence-corrected chi connectivity index (χ2v) is 9.88. The number of likely N-dealkylation sites (tertiary alicyclic amines) is 1. The van der Waals surface area contributed by atoms with E-state index in [1.807, 2.05) is 18.2 Å². The quantitative estimate of drug-likeness (QED) is 0.197. The average molecular weight is 510 g/mol. The van der Waals surface area contributed by atoms with Gasteiger partial charge in [0.25, 0.3) is 0 Å². The van der Waals surface area contributed by atoms with E-state index in [1.165, 1.54) is 24.3 Å². The molecule has 1 heterocycles. The number of carbonyl (C=O) groups is 2. The molecular formula is C25H29F2NO6S. The molecule has 0 saturated carbocycles. The maximum atomic E-state index is 15.6. The molecule has 0 N–H and O–H groups in total. The number of carbonyl (C=O) groups excluding carboxylic acids is 2. The molecule has 190 valence electrons.